The van der Waals surface area contributed by atoms with E-state index in [2.05, 4.69) is 35.6 Å². The Hall–Kier alpha value is -0.830. The maximum atomic E-state index is 3.96. The van der Waals surface area contributed by atoms with Crippen molar-refractivity contribution in [2.75, 3.05) is 33.7 Å². The molecule has 0 aromatic carbocycles. The largest absolute Gasteiger partial charge is 0.374 e. The highest BCUT2D eigenvalue weighted by molar-refractivity contribution is 5.30. The molecule has 0 aromatic heterocycles. The Bertz CT molecular complexity index is 208. The number of piperazine rings is 1. The smallest absolute Gasteiger partial charge is 0.0569 e. The molecule has 1 saturated heterocycles. The van der Waals surface area contributed by atoms with Crippen LogP contribution in [0.3, 0.4) is 0 Å². The Kier molecular flexibility index (Phi) is 2.87. The summed E-state index contributed by atoms with van der Waals surface area (Å²) < 4.78 is 0. The van der Waals surface area contributed by atoms with Crippen LogP contribution in [0.5, 0.6) is 0 Å². The lowest BCUT2D eigenvalue weighted by Gasteiger charge is -2.34. The number of likely N-dealkylation sites (N-methyl/N-ethyl adjacent to an activating group) is 2. The Labute approximate surface area is 74.4 Å². The van der Waals surface area contributed by atoms with E-state index in [1.165, 1.54) is 5.70 Å². The molecule has 0 atom stereocenters. The van der Waals surface area contributed by atoms with Gasteiger partial charge in [-0.05, 0) is 20.7 Å². The van der Waals surface area contributed by atoms with Crippen molar-refractivity contribution in [3.8, 4) is 0 Å². The monoisotopic (exact) mass is 167 g/mol. The van der Waals surface area contributed by atoms with Crippen molar-refractivity contribution in [2.24, 2.45) is 4.99 Å². The Morgan fingerprint density at radius 3 is 2.67 bits per heavy atom. The van der Waals surface area contributed by atoms with E-state index in [1.807, 2.05) is 6.92 Å². The maximum absolute atomic E-state index is 3.96. The molecule has 3 heteroatoms. The molecule has 0 saturated carbocycles. The number of hydrogen-bond acceptors (Lipinski definition) is 3. The summed E-state index contributed by atoms with van der Waals surface area (Å²) in [6, 6.07) is 0. The van der Waals surface area contributed by atoms with E-state index < -0.39 is 0 Å². The minimum atomic E-state index is 0.987. The summed E-state index contributed by atoms with van der Waals surface area (Å²) in [6.07, 6.45) is 0. The van der Waals surface area contributed by atoms with Crippen LogP contribution in [-0.4, -0.2) is 50.2 Å². The zero-order valence-corrected chi connectivity index (χ0v) is 8.17. The van der Waals surface area contributed by atoms with Crippen LogP contribution < -0.4 is 0 Å². The first-order valence-corrected chi connectivity index (χ1v) is 4.21. The van der Waals surface area contributed by atoms with Crippen molar-refractivity contribution in [1.29, 1.82) is 0 Å². The van der Waals surface area contributed by atoms with Crippen LogP contribution >= 0.6 is 0 Å². The highest BCUT2D eigenvalue weighted by Crippen LogP contribution is 2.14. The highest BCUT2D eigenvalue weighted by atomic mass is 15.2. The lowest BCUT2D eigenvalue weighted by molar-refractivity contribution is 0.226. The Balaban J connectivity index is 2.79. The average Bonchev–Trinajstić information content (AvgIpc) is 2.08. The predicted molar refractivity (Wildman–Crippen MR) is 52.4 cm³/mol. The van der Waals surface area contributed by atoms with Crippen LogP contribution in [0.25, 0.3) is 0 Å². The van der Waals surface area contributed by atoms with Crippen molar-refractivity contribution in [2.45, 2.75) is 6.92 Å². The summed E-state index contributed by atoms with van der Waals surface area (Å²) in [5, 5.41) is 0. The molecule has 0 unspecified atom stereocenters. The topological polar surface area (TPSA) is 18.8 Å². The van der Waals surface area contributed by atoms with E-state index in [0.717, 1.165) is 25.3 Å². The molecule has 1 aliphatic heterocycles. The van der Waals surface area contributed by atoms with Crippen LogP contribution in [0.4, 0.5) is 0 Å². The van der Waals surface area contributed by atoms with Gasteiger partial charge in [0, 0.05) is 32.4 Å². The normalized spacial score (nSPS) is 24.1. The first-order chi connectivity index (χ1) is 5.65. The molecule has 0 amide bonds. The molecule has 1 heterocycles. The summed E-state index contributed by atoms with van der Waals surface area (Å²) in [6.45, 7) is 8.75. The molecule has 0 N–H and O–H groups in total. The van der Waals surface area contributed by atoms with Crippen molar-refractivity contribution < 1.29 is 0 Å². The van der Waals surface area contributed by atoms with Crippen molar-refractivity contribution in [3.63, 3.8) is 0 Å². The van der Waals surface area contributed by atoms with Gasteiger partial charge in [0.1, 0.15) is 0 Å². The van der Waals surface area contributed by atoms with E-state index in [-0.39, 0.29) is 0 Å². The van der Waals surface area contributed by atoms with Gasteiger partial charge in [0.2, 0.25) is 0 Å². The van der Waals surface area contributed by atoms with Gasteiger partial charge in [0.25, 0.3) is 0 Å². The minimum Gasteiger partial charge on any atom is -0.374 e. The molecule has 12 heavy (non-hydrogen) atoms. The number of nitrogens with zero attached hydrogens (tertiary/aromatic N) is 3. The van der Waals surface area contributed by atoms with E-state index >= 15 is 0 Å². The molecule has 0 bridgehead atoms. The summed E-state index contributed by atoms with van der Waals surface area (Å²) in [7, 11) is 4.24. The first-order valence-electron chi connectivity index (χ1n) is 4.21. The number of allylic oxidation sites excluding steroid dienone is 1. The van der Waals surface area contributed by atoms with Crippen LogP contribution in [0.15, 0.2) is 16.4 Å². The van der Waals surface area contributed by atoms with Gasteiger partial charge in [-0.2, -0.15) is 0 Å². The fourth-order valence-corrected chi connectivity index (χ4v) is 1.39. The standard InChI is InChI=1S/C9H17N3/c1-8(10-2)9-7-11(3)5-6-12(9)4/h2,5-7H2,1,3-4H3/b9-8-. The summed E-state index contributed by atoms with van der Waals surface area (Å²) in [4.78, 5) is 8.51. The second kappa shape index (κ2) is 3.72. The van der Waals surface area contributed by atoms with Crippen LogP contribution in [0, 0.1) is 0 Å². The molecule has 68 valence electrons. The second-order valence-corrected chi connectivity index (χ2v) is 3.35. The second-order valence-electron chi connectivity index (χ2n) is 3.35. The zero-order chi connectivity index (χ0) is 9.14. The molecule has 0 spiro atoms. The van der Waals surface area contributed by atoms with Crippen molar-refractivity contribution in [3.05, 3.63) is 11.4 Å². The number of hydrogen-bond donors (Lipinski definition) is 0. The van der Waals surface area contributed by atoms with Gasteiger partial charge in [-0.3, -0.25) is 9.89 Å². The molecule has 0 aromatic rings. The summed E-state index contributed by atoms with van der Waals surface area (Å²) in [5.41, 5.74) is 2.34. The predicted octanol–water partition coefficient (Wildman–Crippen LogP) is 0.796. The molecular formula is C9H17N3. The summed E-state index contributed by atoms with van der Waals surface area (Å²) >= 11 is 0. The van der Waals surface area contributed by atoms with Gasteiger partial charge in [0.05, 0.1) is 5.70 Å². The lowest BCUT2D eigenvalue weighted by Crippen LogP contribution is -2.41. The number of aliphatic imine (C=N–C) groups is 1. The molecule has 0 radical (unpaired) electrons. The quantitative estimate of drug-likeness (QED) is 0.538. The van der Waals surface area contributed by atoms with Crippen LogP contribution in [0.1, 0.15) is 6.92 Å². The van der Waals surface area contributed by atoms with Crippen LogP contribution in [-0.2, 0) is 0 Å². The maximum Gasteiger partial charge on any atom is 0.0569 e. The van der Waals surface area contributed by atoms with Gasteiger partial charge in [-0.1, -0.05) is 0 Å². The number of rotatable bonds is 1. The molecular weight excluding hydrogens is 150 g/mol. The fraction of sp³-hybridized carbons (Fsp3) is 0.667. The lowest BCUT2D eigenvalue weighted by atomic mass is 10.2. The first kappa shape index (κ1) is 9.26. The van der Waals surface area contributed by atoms with E-state index in [1.54, 1.807) is 0 Å². The molecule has 0 aliphatic carbocycles. The molecule has 1 fully saturated rings. The zero-order valence-electron chi connectivity index (χ0n) is 8.17. The summed E-state index contributed by atoms with van der Waals surface area (Å²) in [5.74, 6) is 0. The molecule has 1 rings (SSSR count). The fourth-order valence-electron chi connectivity index (χ4n) is 1.39. The Morgan fingerprint density at radius 2 is 2.08 bits per heavy atom. The van der Waals surface area contributed by atoms with Gasteiger partial charge in [-0.25, -0.2) is 0 Å². The van der Waals surface area contributed by atoms with Gasteiger partial charge >= 0.3 is 0 Å². The SMILES string of the molecule is C=N/C(C)=C1/CN(C)CCN1C. The Morgan fingerprint density at radius 1 is 1.42 bits per heavy atom. The van der Waals surface area contributed by atoms with Gasteiger partial charge in [0.15, 0.2) is 0 Å². The van der Waals surface area contributed by atoms with Crippen molar-refractivity contribution >= 4 is 6.72 Å². The minimum absolute atomic E-state index is 0.987. The molecule has 3 nitrogen and oxygen atoms in total. The highest BCUT2D eigenvalue weighted by Gasteiger charge is 2.16. The average molecular weight is 167 g/mol. The van der Waals surface area contributed by atoms with Crippen LogP contribution in [0.2, 0.25) is 0 Å². The van der Waals surface area contributed by atoms with Gasteiger partial charge in [-0.15, -0.1) is 0 Å². The third kappa shape index (κ3) is 1.85. The third-order valence-corrected chi connectivity index (χ3v) is 2.35. The molecule has 1 aliphatic rings. The van der Waals surface area contributed by atoms with Gasteiger partial charge < -0.3 is 4.90 Å². The van der Waals surface area contributed by atoms with E-state index in [4.69, 9.17) is 0 Å². The van der Waals surface area contributed by atoms with Crippen molar-refractivity contribution in [1.82, 2.24) is 9.80 Å². The van der Waals surface area contributed by atoms with E-state index in [0.29, 0.717) is 0 Å². The third-order valence-electron chi connectivity index (χ3n) is 2.35. The van der Waals surface area contributed by atoms with E-state index in [9.17, 15) is 0 Å².